The Morgan fingerprint density at radius 3 is 2.50 bits per heavy atom. The SMILES string of the molecule is CCC1=CN=C1Oc1ccc(F)c(NCc2cc(OC)cc(-c3cccc(F)c3)c2)c1F. The number of anilines is 1. The lowest BCUT2D eigenvalue weighted by Gasteiger charge is -2.17. The van der Waals surface area contributed by atoms with Crippen molar-refractivity contribution < 1.29 is 22.6 Å². The van der Waals surface area contributed by atoms with Crippen molar-refractivity contribution >= 4 is 11.6 Å². The number of ether oxygens (including phenoxy) is 2. The fourth-order valence-electron chi connectivity index (χ4n) is 3.33. The van der Waals surface area contributed by atoms with Crippen LogP contribution in [0.15, 0.2) is 71.4 Å². The van der Waals surface area contributed by atoms with Crippen molar-refractivity contribution in [1.29, 1.82) is 0 Å². The molecule has 0 unspecified atom stereocenters. The maximum Gasteiger partial charge on any atom is 0.224 e. The minimum absolute atomic E-state index is 0.109. The second kappa shape index (κ2) is 9.18. The fourth-order valence-corrected chi connectivity index (χ4v) is 3.33. The number of halogens is 3. The molecular formula is C25H21F3N2O2. The molecule has 1 heterocycles. The summed E-state index contributed by atoms with van der Waals surface area (Å²) < 4.78 is 53.8. The Labute approximate surface area is 184 Å². The van der Waals surface area contributed by atoms with Gasteiger partial charge < -0.3 is 14.8 Å². The van der Waals surface area contributed by atoms with Crippen LogP contribution in [-0.2, 0) is 6.54 Å². The molecule has 0 spiro atoms. The molecule has 4 nitrogen and oxygen atoms in total. The van der Waals surface area contributed by atoms with Crippen LogP contribution < -0.4 is 14.8 Å². The molecule has 0 aliphatic carbocycles. The quantitative estimate of drug-likeness (QED) is 0.459. The molecule has 0 saturated heterocycles. The van der Waals surface area contributed by atoms with Gasteiger partial charge in [0.1, 0.15) is 23.1 Å². The Kier molecular flexibility index (Phi) is 6.16. The van der Waals surface area contributed by atoms with Crippen LogP contribution >= 0.6 is 0 Å². The predicted molar refractivity (Wildman–Crippen MR) is 119 cm³/mol. The molecule has 0 atom stereocenters. The number of nitrogens with zero attached hydrogens (tertiary/aromatic N) is 1. The molecule has 0 amide bonds. The van der Waals surface area contributed by atoms with Crippen LogP contribution in [0.5, 0.6) is 11.5 Å². The van der Waals surface area contributed by atoms with Crippen molar-refractivity contribution in [2.24, 2.45) is 4.99 Å². The largest absolute Gasteiger partial charge is 0.497 e. The third-order valence-electron chi connectivity index (χ3n) is 5.08. The molecule has 1 aliphatic heterocycles. The fraction of sp³-hybridized carbons (Fsp3) is 0.160. The molecule has 1 N–H and O–H groups in total. The van der Waals surface area contributed by atoms with E-state index in [2.05, 4.69) is 10.3 Å². The zero-order valence-electron chi connectivity index (χ0n) is 17.6. The van der Waals surface area contributed by atoms with E-state index in [1.807, 2.05) is 13.0 Å². The molecule has 3 aromatic rings. The van der Waals surface area contributed by atoms with Crippen LogP contribution in [0.1, 0.15) is 18.9 Å². The van der Waals surface area contributed by atoms with Gasteiger partial charge in [-0.15, -0.1) is 0 Å². The van der Waals surface area contributed by atoms with E-state index in [0.717, 1.165) is 17.2 Å². The summed E-state index contributed by atoms with van der Waals surface area (Å²) in [6, 6.07) is 13.9. The van der Waals surface area contributed by atoms with E-state index in [9.17, 15) is 13.2 Å². The van der Waals surface area contributed by atoms with E-state index in [0.29, 0.717) is 29.2 Å². The number of hydrogen-bond acceptors (Lipinski definition) is 4. The third-order valence-corrected chi connectivity index (χ3v) is 5.08. The first kappa shape index (κ1) is 21.5. The van der Waals surface area contributed by atoms with E-state index >= 15 is 0 Å². The van der Waals surface area contributed by atoms with Crippen molar-refractivity contribution in [3.63, 3.8) is 0 Å². The summed E-state index contributed by atoms with van der Waals surface area (Å²) in [4.78, 5) is 3.98. The van der Waals surface area contributed by atoms with E-state index in [1.165, 1.54) is 25.3 Å². The Morgan fingerprint density at radius 1 is 0.969 bits per heavy atom. The molecule has 3 aromatic carbocycles. The zero-order valence-corrected chi connectivity index (χ0v) is 17.6. The topological polar surface area (TPSA) is 42.8 Å². The van der Waals surface area contributed by atoms with Crippen molar-refractivity contribution in [2.45, 2.75) is 19.9 Å². The van der Waals surface area contributed by atoms with Gasteiger partial charge in [-0.2, -0.15) is 0 Å². The Balaban J connectivity index is 1.57. The molecule has 0 fully saturated rings. The Bertz CT molecular complexity index is 1220. The van der Waals surface area contributed by atoms with Crippen molar-refractivity contribution in [1.82, 2.24) is 0 Å². The average Bonchev–Trinajstić information content (AvgIpc) is 2.77. The molecule has 1 aliphatic rings. The van der Waals surface area contributed by atoms with Crippen LogP contribution in [0.25, 0.3) is 11.1 Å². The first-order chi connectivity index (χ1) is 15.5. The summed E-state index contributed by atoms with van der Waals surface area (Å²) in [6.07, 6.45) is 2.35. The zero-order chi connectivity index (χ0) is 22.7. The van der Waals surface area contributed by atoms with Crippen molar-refractivity contribution in [2.75, 3.05) is 12.4 Å². The summed E-state index contributed by atoms with van der Waals surface area (Å²) in [5.74, 6) is -1.19. The van der Waals surface area contributed by atoms with Gasteiger partial charge >= 0.3 is 0 Å². The Hall–Kier alpha value is -3.74. The van der Waals surface area contributed by atoms with Gasteiger partial charge in [-0.3, -0.25) is 0 Å². The van der Waals surface area contributed by atoms with Crippen molar-refractivity contribution in [3.8, 4) is 22.6 Å². The summed E-state index contributed by atoms with van der Waals surface area (Å²) in [5, 5.41) is 2.80. The van der Waals surface area contributed by atoms with Gasteiger partial charge in [-0.05, 0) is 65.6 Å². The van der Waals surface area contributed by atoms with Crippen LogP contribution in [0.4, 0.5) is 18.9 Å². The summed E-state index contributed by atoms with van der Waals surface area (Å²) in [5.41, 5.74) is 2.65. The number of aliphatic imine (C=N–C) groups is 1. The van der Waals surface area contributed by atoms with Gasteiger partial charge in [0.05, 0.1) is 7.11 Å². The van der Waals surface area contributed by atoms with Crippen LogP contribution in [0.3, 0.4) is 0 Å². The molecule has 7 heteroatoms. The summed E-state index contributed by atoms with van der Waals surface area (Å²) in [6.45, 7) is 2.04. The van der Waals surface area contributed by atoms with E-state index in [-0.39, 0.29) is 23.8 Å². The second-order valence-electron chi connectivity index (χ2n) is 7.21. The third kappa shape index (κ3) is 4.46. The number of rotatable bonds is 7. The number of methoxy groups -OCH3 is 1. The average molecular weight is 438 g/mol. The maximum absolute atomic E-state index is 15.0. The molecule has 0 bridgehead atoms. The molecule has 0 saturated carbocycles. The lowest BCUT2D eigenvalue weighted by molar-refractivity contribution is 0.414. The van der Waals surface area contributed by atoms with Gasteiger partial charge in [0.25, 0.3) is 0 Å². The minimum atomic E-state index is -0.844. The highest BCUT2D eigenvalue weighted by Crippen LogP contribution is 2.31. The lowest BCUT2D eigenvalue weighted by Crippen LogP contribution is -2.18. The van der Waals surface area contributed by atoms with Crippen LogP contribution in [0.2, 0.25) is 0 Å². The smallest absolute Gasteiger partial charge is 0.224 e. The van der Waals surface area contributed by atoms with Crippen LogP contribution in [0, 0.1) is 17.5 Å². The van der Waals surface area contributed by atoms with E-state index in [4.69, 9.17) is 9.47 Å². The highest BCUT2D eigenvalue weighted by molar-refractivity contribution is 5.99. The molecule has 4 rings (SSSR count). The standard InChI is InChI=1S/C25H21F3N2O2/c1-3-16-14-30-25(16)32-22-8-7-21(27)24(23(22)28)29-13-15-9-18(12-20(10-15)31-2)17-5-4-6-19(26)11-17/h4-12,14,29H,3,13H2,1-2H3. The lowest BCUT2D eigenvalue weighted by atomic mass is 10.0. The molecular weight excluding hydrogens is 417 g/mol. The van der Waals surface area contributed by atoms with Gasteiger partial charge in [-0.25, -0.2) is 18.2 Å². The maximum atomic E-state index is 15.0. The Morgan fingerprint density at radius 2 is 1.81 bits per heavy atom. The molecule has 32 heavy (non-hydrogen) atoms. The number of hydrogen-bond donors (Lipinski definition) is 1. The van der Waals surface area contributed by atoms with E-state index < -0.39 is 11.6 Å². The summed E-state index contributed by atoms with van der Waals surface area (Å²) in [7, 11) is 1.52. The molecule has 0 aromatic heterocycles. The van der Waals surface area contributed by atoms with Crippen molar-refractivity contribution in [3.05, 3.63) is 89.4 Å². The van der Waals surface area contributed by atoms with E-state index in [1.54, 1.807) is 30.5 Å². The predicted octanol–water partition coefficient (Wildman–Crippen LogP) is 6.48. The highest BCUT2D eigenvalue weighted by Gasteiger charge is 2.20. The summed E-state index contributed by atoms with van der Waals surface area (Å²) >= 11 is 0. The first-order valence-corrected chi connectivity index (χ1v) is 10.1. The molecule has 164 valence electrons. The highest BCUT2D eigenvalue weighted by atomic mass is 19.1. The van der Waals surface area contributed by atoms with Gasteiger partial charge in [-0.1, -0.05) is 19.1 Å². The number of benzene rings is 3. The van der Waals surface area contributed by atoms with Gasteiger partial charge in [0, 0.05) is 18.3 Å². The normalized spacial score (nSPS) is 12.5. The van der Waals surface area contributed by atoms with Crippen LogP contribution in [-0.4, -0.2) is 13.0 Å². The van der Waals surface area contributed by atoms with Gasteiger partial charge in [0.15, 0.2) is 11.6 Å². The minimum Gasteiger partial charge on any atom is -0.497 e. The number of nitrogens with one attached hydrogen (secondary N) is 1. The first-order valence-electron chi connectivity index (χ1n) is 10.1. The van der Waals surface area contributed by atoms with Gasteiger partial charge in [0.2, 0.25) is 5.90 Å². The monoisotopic (exact) mass is 438 g/mol. The second-order valence-corrected chi connectivity index (χ2v) is 7.21. The molecule has 0 radical (unpaired) electrons.